The van der Waals surface area contributed by atoms with Crippen molar-refractivity contribution in [3.63, 3.8) is 0 Å². The number of amides is 1. The van der Waals surface area contributed by atoms with Crippen LogP contribution in [-0.4, -0.2) is 29.9 Å². The third kappa shape index (κ3) is 3.73. The van der Waals surface area contributed by atoms with Crippen LogP contribution >= 0.6 is 11.8 Å². The number of thioether (sulfide) groups is 1. The second-order valence-electron chi connectivity index (χ2n) is 5.25. The number of carbonyl (C=O) groups is 1. The summed E-state index contributed by atoms with van der Waals surface area (Å²) in [5, 5.41) is 12.1. The topological polar surface area (TPSA) is 65.7 Å². The predicted molar refractivity (Wildman–Crippen MR) is 89.8 cm³/mol. The molecule has 0 aliphatic carbocycles. The van der Waals surface area contributed by atoms with E-state index in [1.165, 1.54) is 18.0 Å². The van der Waals surface area contributed by atoms with Crippen molar-refractivity contribution in [3.05, 3.63) is 53.4 Å². The van der Waals surface area contributed by atoms with Crippen molar-refractivity contribution >= 4 is 17.7 Å². The lowest BCUT2D eigenvalue weighted by atomic mass is 10.2. The van der Waals surface area contributed by atoms with Crippen LogP contribution in [-0.2, 0) is 11.3 Å². The average molecular weight is 346 g/mol. The second-order valence-corrected chi connectivity index (χ2v) is 6.24. The van der Waals surface area contributed by atoms with Gasteiger partial charge in [0.2, 0.25) is 12.7 Å². The van der Waals surface area contributed by atoms with E-state index in [0.717, 1.165) is 16.0 Å². The van der Waals surface area contributed by atoms with Crippen LogP contribution < -0.4 is 14.2 Å². The molecule has 6 nitrogen and oxygen atoms in total. The van der Waals surface area contributed by atoms with Gasteiger partial charge < -0.3 is 19.6 Å². The maximum Gasteiger partial charge on any atom is 0.251 e. The Hall–Kier alpha value is -2.41. The number of rotatable bonds is 6. The minimum Gasteiger partial charge on any atom is -0.618 e. The van der Waals surface area contributed by atoms with E-state index in [1.807, 2.05) is 25.1 Å². The molecule has 1 aliphatic heterocycles. The fraction of sp³-hybridized carbons (Fsp3) is 0.294. The molecule has 1 amide bonds. The van der Waals surface area contributed by atoms with Crippen molar-refractivity contribution in [2.75, 3.05) is 19.1 Å². The molecular formula is C17H18N2O4S. The maximum absolute atomic E-state index is 12.4. The van der Waals surface area contributed by atoms with Gasteiger partial charge in [0.15, 0.2) is 17.7 Å². The first kappa shape index (κ1) is 16.4. The Morgan fingerprint density at radius 2 is 2.12 bits per heavy atom. The van der Waals surface area contributed by atoms with Crippen LogP contribution in [0.25, 0.3) is 0 Å². The van der Waals surface area contributed by atoms with Gasteiger partial charge in [-0.15, -0.1) is 0 Å². The second kappa shape index (κ2) is 7.44. The van der Waals surface area contributed by atoms with Gasteiger partial charge >= 0.3 is 0 Å². The minimum absolute atomic E-state index is 0.0102. The molecule has 2 heterocycles. The molecule has 0 N–H and O–H groups in total. The Morgan fingerprint density at radius 1 is 1.29 bits per heavy atom. The van der Waals surface area contributed by atoms with Crippen molar-refractivity contribution in [3.8, 4) is 11.5 Å². The smallest absolute Gasteiger partial charge is 0.251 e. The molecular weight excluding hydrogens is 328 g/mol. The van der Waals surface area contributed by atoms with Gasteiger partial charge in [0.05, 0.1) is 5.75 Å². The van der Waals surface area contributed by atoms with E-state index in [0.29, 0.717) is 23.9 Å². The van der Waals surface area contributed by atoms with E-state index in [9.17, 15) is 10.0 Å². The first-order chi connectivity index (χ1) is 11.7. The van der Waals surface area contributed by atoms with Crippen LogP contribution in [0.15, 0.2) is 47.6 Å². The quantitative estimate of drug-likeness (QED) is 0.456. The normalized spacial score (nSPS) is 12.2. The number of fused-ring (bicyclic) bond motifs is 1. The lowest BCUT2D eigenvalue weighted by Crippen LogP contribution is -2.33. The van der Waals surface area contributed by atoms with Gasteiger partial charge in [-0.1, -0.05) is 6.07 Å². The van der Waals surface area contributed by atoms with E-state index in [2.05, 4.69) is 0 Å². The van der Waals surface area contributed by atoms with E-state index >= 15 is 0 Å². The zero-order valence-corrected chi connectivity index (χ0v) is 14.1. The Bertz CT molecular complexity index is 738. The van der Waals surface area contributed by atoms with Gasteiger partial charge in [-0.25, -0.2) is 0 Å². The van der Waals surface area contributed by atoms with Crippen molar-refractivity contribution in [1.82, 2.24) is 4.90 Å². The SMILES string of the molecule is CCN(Cc1ccc2c(c1)OCO2)C(=O)CSc1cccc[n+]1[O-]. The summed E-state index contributed by atoms with van der Waals surface area (Å²) in [6.07, 6.45) is 1.43. The lowest BCUT2D eigenvalue weighted by molar-refractivity contribution is -0.645. The fourth-order valence-corrected chi connectivity index (χ4v) is 3.20. The summed E-state index contributed by atoms with van der Waals surface area (Å²) in [5.74, 6) is 1.66. The number of aromatic nitrogens is 1. The number of pyridine rings is 1. The number of hydrogen-bond donors (Lipinski definition) is 0. The highest BCUT2D eigenvalue weighted by molar-refractivity contribution is 7.99. The Balaban J connectivity index is 1.61. The van der Waals surface area contributed by atoms with Crippen LogP contribution in [0, 0.1) is 5.21 Å². The molecule has 0 bridgehead atoms. The van der Waals surface area contributed by atoms with Crippen LogP contribution in [0.3, 0.4) is 0 Å². The van der Waals surface area contributed by atoms with Gasteiger partial charge in [0, 0.05) is 25.2 Å². The minimum atomic E-state index is -0.0102. The number of carbonyl (C=O) groups excluding carboxylic acids is 1. The van der Waals surface area contributed by atoms with Gasteiger partial charge in [-0.2, -0.15) is 4.73 Å². The highest BCUT2D eigenvalue weighted by atomic mass is 32.2. The van der Waals surface area contributed by atoms with Gasteiger partial charge in [0.1, 0.15) is 0 Å². The highest BCUT2D eigenvalue weighted by Crippen LogP contribution is 2.32. The molecule has 24 heavy (non-hydrogen) atoms. The van der Waals surface area contributed by atoms with E-state index in [-0.39, 0.29) is 18.5 Å². The molecule has 0 spiro atoms. The molecule has 1 aliphatic rings. The third-order valence-electron chi connectivity index (χ3n) is 3.68. The Morgan fingerprint density at radius 3 is 2.92 bits per heavy atom. The standard InChI is InChI=1S/C17H18N2O4S/c1-2-18(10-13-6-7-14-15(9-13)23-12-22-14)16(20)11-24-17-5-3-4-8-19(17)21/h3-9H,2,10-12H2,1H3. The van der Waals surface area contributed by atoms with Crippen molar-refractivity contribution in [2.45, 2.75) is 18.5 Å². The molecule has 0 saturated carbocycles. The fourth-order valence-electron chi connectivity index (χ4n) is 2.39. The average Bonchev–Trinajstić information content (AvgIpc) is 3.06. The monoisotopic (exact) mass is 346 g/mol. The molecule has 0 radical (unpaired) electrons. The van der Waals surface area contributed by atoms with Crippen LogP contribution in [0.4, 0.5) is 0 Å². The van der Waals surface area contributed by atoms with Crippen molar-refractivity contribution in [1.29, 1.82) is 0 Å². The molecule has 3 rings (SSSR count). The first-order valence-corrected chi connectivity index (χ1v) is 8.63. The number of benzene rings is 1. The van der Waals surface area contributed by atoms with Gasteiger partial charge in [-0.3, -0.25) is 4.79 Å². The van der Waals surface area contributed by atoms with Crippen LogP contribution in [0.1, 0.15) is 12.5 Å². The first-order valence-electron chi connectivity index (χ1n) is 7.64. The van der Waals surface area contributed by atoms with Crippen LogP contribution in [0.2, 0.25) is 0 Å². The Kier molecular flexibility index (Phi) is 5.10. The zero-order valence-electron chi connectivity index (χ0n) is 13.3. The summed E-state index contributed by atoms with van der Waals surface area (Å²) >= 11 is 1.24. The summed E-state index contributed by atoms with van der Waals surface area (Å²) in [4.78, 5) is 14.2. The molecule has 2 aromatic rings. The molecule has 7 heteroatoms. The van der Waals surface area contributed by atoms with Crippen LogP contribution in [0.5, 0.6) is 11.5 Å². The molecule has 126 valence electrons. The molecule has 1 aromatic heterocycles. The zero-order chi connectivity index (χ0) is 16.9. The van der Waals surface area contributed by atoms with Crippen molar-refractivity contribution < 1.29 is 19.0 Å². The Labute approximate surface area is 144 Å². The van der Waals surface area contributed by atoms with E-state index in [4.69, 9.17) is 9.47 Å². The van der Waals surface area contributed by atoms with E-state index < -0.39 is 0 Å². The summed E-state index contributed by atoms with van der Waals surface area (Å²) in [6.45, 7) is 3.27. The number of ether oxygens (including phenoxy) is 2. The number of nitrogens with zero attached hydrogens (tertiary/aromatic N) is 2. The summed E-state index contributed by atoms with van der Waals surface area (Å²) in [6, 6.07) is 10.8. The summed E-state index contributed by atoms with van der Waals surface area (Å²) in [5.41, 5.74) is 0.984. The van der Waals surface area contributed by atoms with Crippen molar-refractivity contribution in [2.24, 2.45) is 0 Å². The molecule has 0 unspecified atom stereocenters. The van der Waals surface area contributed by atoms with E-state index in [1.54, 1.807) is 23.1 Å². The summed E-state index contributed by atoms with van der Waals surface area (Å²) in [7, 11) is 0. The lowest BCUT2D eigenvalue weighted by Gasteiger charge is -2.20. The number of hydrogen-bond acceptors (Lipinski definition) is 5. The maximum atomic E-state index is 12.4. The summed E-state index contributed by atoms with van der Waals surface area (Å²) < 4.78 is 11.4. The predicted octanol–water partition coefficient (Wildman–Crippen LogP) is 2.19. The van der Waals surface area contributed by atoms with Gasteiger partial charge in [-0.05, 0) is 42.4 Å². The molecule has 0 atom stereocenters. The van der Waals surface area contributed by atoms with Gasteiger partial charge in [0.25, 0.3) is 5.03 Å². The largest absolute Gasteiger partial charge is 0.618 e. The highest BCUT2D eigenvalue weighted by Gasteiger charge is 2.18. The molecule has 0 saturated heterocycles. The third-order valence-corrected chi connectivity index (χ3v) is 4.68. The molecule has 1 aromatic carbocycles. The molecule has 0 fully saturated rings.